The molecular weight excluding hydrogens is 172 g/mol. The molecule has 0 aromatic carbocycles. The van der Waals surface area contributed by atoms with Crippen LogP contribution in [0.5, 0.6) is 0 Å². The number of amides is 3. The molecule has 1 atom stereocenters. The van der Waals surface area contributed by atoms with Crippen molar-refractivity contribution in [2.75, 3.05) is 6.54 Å². The SMILES string of the molecule is CCC1C(=O)NC(=O)CN1C(C)=O. The van der Waals surface area contributed by atoms with Gasteiger partial charge in [0.05, 0.1) is 0 Å². The number of nitrogens with one attached hydrogen (secondary N) is 1. The fraction of sp³-hybridized carbons (Fsp3) is 0.625. The molecule has 1 unspecified atom stereocenters. The second-order valence-corrected chi connectivity index (χ2v) is 2.98. The van der Waals surface area contributed by atoms with E-state index in [-0.39, 0.29) is 18.4 Å². The van der Waals surface area contributed by atoms with Crippen LogP contribution in [-0.4, -0.2) is 35.2 Å². The van der Waals surface area contributed by atoms with Crippen molar-refractivity contribution in [2.45, 2.75) is 26.3 Å². The van der Waals surface area contributed by atoms with Crippen LogP contribution in [0.2, 0.25) is 0 Å². The Morgan fingerprint density at radius 1 is 1.62 bits per heavy atom. The Labute approximate surface area is 76.1 Å². The third-order valence-electron chi connectivity index (χ3n) is 2.05. The van der Waals surface area contributed by atoms with Crippen molar-refractivity contribution in [1.82, 2.24) is 10.2 Å². The van der Waals surface area contributed by atoms with Crippen LogP contribution < -0.4 is 5.32 Å². The van der Waals surface area contributed by atoms with Gasteiger partial charge in [-0.15, -0.1) is 0 Å². The van der Waals surface area contributed by atoms with Gasteiger partial charge in [0.15, 0.2) is 0 Å². The minimum absolute atomic E-state index is 0.0143. The molecule has 1 fully saturated rings. The molecule has 0 saturated carbocycles. The maximum atomic E-state index is 11.2. The molecule has 0 aromatic heterocycles. The molecule has 0 radical (unpaired) electrons. The van der Waals surface area contributed by atoms with E-state index in [4.69, 9.17) is 0 Å². The normalized spacial score (nSPS) is 22.9. The summed E-state index contributed by atoms with van der Waals surface area (Å²) >= 11 is 0. The van der Waals surface area contributed by atoms with Crippen molar-refractivity contribution in [3.63, 3.8) is 0 Å². The fourth-order valence-electron chi connectivity index (χ4n) is 1.40. The Hall–Kier alpha value is -1.39. The number of nitrogens with zero attached hydrogens (tertiary/aromatic N) is 1. The van der Waals surface area contributed by atoms with Crippen molar-refractivity contribution in [3.8, 4) is 0 Å². The van der Waals surface area contributed by atoms with Gasteiger partial charge in [-0.05, 0) is 6.42 Å². The van der Waals surface area contributed by atoms with Gasteiger partial charge in [0.2, 0.25) is 17.7 Å². The van der Waals surface area contributed by atoms with Crippen molar-refractivity contribution in [2.24, 2.45) is 0 Å². The number of hydrogen-bond acceptors (Lipinski definition) is 3. The van der Waals surface area contributed by atoms with Crippen molar-refractivity contribution in [3.05, 3.63) is 0 Å². The van der Waals surface area contributed by atoms with E-state index >= 15 is 0 Å². The standard InChI is InChI=1S/C8H12N2O3/c1-3-6-8(13)9-7(12)4-10(6)5(2)11/h6H,3-4H2,1-2H3,(H,9,12,13). The molecule has 0 aromatic rings. The zero-order valence-corrected chi connectivity index (χ0v) is 7.66. The van der Waals surface area contributed by atoms with E-state index in [0.29, 0.717) is 6.42 Å². The zero-order valence-electron chi connectivity index (χ0n) is 7.66. The highest BCUT2D eigenvalue weighted by molar-refractivity contribution is 6.03. The number of imide groups is 1. The van der Waals surface area contributed by atoms with Crippen molar-refractivity contribution < 1.29 is 14.4 Å². The van der Waals surface area contributed by atoms with E-state index in [0.717, 1.165) is 0 Å². The van der Waals surface area contributed by atoms with Gasteiger partial charge in [0.25, 0.3) is 0 Å². The van der Waals surface area contributed by atoms with Gasteiger partial charge in [-0.1, -0.05) is 6.92 Å². The van der Waals surface area contributed by atoms with Gasteiger partial charge in [-0.2, -0.15) is 0 Å². The molecule has 1 saturated heterocycles. The van der Waals surface area contributed by atoms with Crippen LogP contribution in [0.3, 0.4) is 0 Å². The van der Waals surface area contributed by atoms with Gasteiger partial charge < -0.3 is 4.90 Å². The summed E-state index contributed by atoms with van der Waals surface area (Å²) in [6, 6.07) is -0.491. The number of piperazine rings is 1. The number of rotatable bonds is 1. The average molecular weight is 184 g/mol. The lowest BCUT2D eigenvalue weighted by Crippen LogP contribution is -2.59. The summed E-state index contributed by atoms with van der Waals surface area (Å²) in [6.45, 7) is 3.14. The molecule has 0 spiro atoms. The van der Waals surface area contributed by atoms with Crippen LogP contribution >= 0.6 is 0 Å². The predicted molar refractivity (Wildman–Crippen MR) is 44.6 cm³/mol. The van der Waals surface area contributed by atoms with E-state index in [1.54, 1.807) is 6.92 Å². The maximum absolute atomic E-state index is 11.2. The largest absolute Gasteiger partial charge is 0.322 e. The van der Waals surface area contributed by atoms with Crippen LogP contribution in [0.25, 0.3) is 0 Å². The number of carbonyl (C=O) groups excluding carboxylic acids is 3. The number of carbonyl (C=O) groups is 3. The monoisotopic (exact) mass is 184 g/mol. The molecule has 0 aliphatic carbocycles. The highest BCUT2D eigenvalue weighted by atomic mass is 16.2. The first kappa shape index (κ1) is 9.70. The summed E-state index contributed by atoms with van der Waals surface area (Å²) in [7, 11) is 0. The molecule has 1 aliphatic heterocycles. The highest BCUT2D eigenvalue weighted by Crippen LogP contribution is 2.08. The Balaban J connectivity index is 2.83. The van der Waals surface area contributed by atoms with Crippen molar-refractivity contribution >= 4 is 17.7 Å². The summed E-state index contributed by atoms with van der Waals surface area (Å²) in [4.78, 5) is 34.5. The summed E-state index contributed by atoms with van der Waals surface area (Å²) in [5.41, 5.74) is 0. The molecular formula is C8H12N2O3. The summed E-state index contributed by atoms with van der Waals surface area (Å²) in [5, 5.41) is 2.19. The molecule has 1 N–H and O–H groups in total. The second kappa shape index (κ2) is 3.55. The Bertz CT molecular complexity index is 262. The zero-order chi connectivity index (χ0) is 10.0. The molecule has 1 aliphatic rings. The van der Waals surface area contributed by atoms with Crippen LogP contribution in [0, 0.1) is 0 Å². The van der Waals surface area contributed by atoms with Crippen LogP contribution in [-0.2, 0) is 14.4 Å². The second-order valence-electron chi connectivity index (χ2n) is 2.98. The van der Waals surface area contributed by atoms with Crippen LogP contribution in [0.15, 0.2) is 0 Å². The van der Waals surface area contributed by atoms with Gasteiger partial charge in [0.1, 0.15) is 12.6 Å². The lowest BCUT2D eigenvalue weighted by Gasteiger charge is -2.32. The topological polar surface area (TPSA) is 66.5 Å². The fourth-order valence-corrected chi connectivity index (χ4v) is 1.40. The molecule has 0 bridgehead atoms. The maximum Gasteiger partial charge on any atom is 0.249 e. The summed E-state index contributed by atoms with van der Waals surface area (Å²) in [5.74, 6) is -1.03. The van der Waals surface area contributed by atoms with Crippen molar-refractivity contribution in [1.29, 1.82) is 0 Å². The molecule has 3 amide bonds. The molecule has 5 heteroatoms. The lowest BCUT2D eigenvalue weighted by atomic mass is 10.1. The number of hydrogen-bond donors (Lipinski definition) is 1. The quantitative estimate of drug-likeness (QED) is 0.546. The first-order valence-corrected chi connectivity index (χ1v) is 4.17. The van der Waals surface area contributed by atoms with E-state index < -0.39 is 11.9 Å². The van der Waals surface area contributed by atoms with Crippen LogP contribution in [0.1, 0.15) is 20.3 Å². The van der Waals surface area contributed by atoms with E-state index in [1.165, 1.54) is 11.8 Å². The third kappa shape index (κ3) is 1.85. The summed E-state index contributed by atoms with van der Waals surface area (Å²) in [6.07, 6.45) is 0.526. The minimum Gasteiger partial charge on any atom is -0.322 e. The third-order valence-corrected chi connectivity index (χ3v) is 2.05. The minimum atomic E-state index is -0.491. The molecule has 72 valence electrons. The predicted octanol–water partition coefficient (Wildman–Crippen LogP) is -0.730. The van der Waals surface area contributed by atoms with Gasteiger partial charge in [-0.3, -0.25) is 19.7 Å². The summed E-state index contributed by atoms with van der Waals surface area (Å²) < 4.78 is 0. The van der Waals surface area contributed by atoms with Gasteiger partial charge in [-0.25, -0.2) is 0 Å². The Morgan fingerprint density at radius 3 is 2.69 bits per heavy atom. The molecule has 1 heterocycles. The first-order valence-electron chi connectivity index (χ1n) is 4.17. The highest BCUT2D eigenvalue weighted by Gasteiger charge is 2.33. The Morgan fingerprint density at radius 2 is 2.23 bits per heavy atom. The Kier molecular flexibility index (Phi) is 2.65. The first-order chi connectivity index (χ1) is 6.06. The van der Waals surface area contributed by atoms with Crippen LogP contribution in [0.4, 0.5) is 0 Å². The average Bonchev–Trinajstić information content (AvgIpc) is 2.02. The lowest BCUT2D eigenvalue weighted by molar-refractivity contribution is -0.149. The van der Waals surface area contributed by atoms with E-state index in [1.807, 2.05) is 0 Å². The van der Waals surface area contributed by atoms with Gasteiger partial charge >= 0.3 is 0 Å². The van der Waals surface area contributed by atoms with Gasteiger partial charge in [0, 0.05) is 6.92 Å². The molecule has 13 heavy (non-hydrogen) atoms. The molecule has 5 nitrogen and oxygen atoms in total. The smallest absolute Gasteiger partial charge is 0.249 e. The molecule has 1 rings (SSSR count). The van der Waals surface area contributed by atoms with E-state index in [9.17, 15) is 14.4 Å². The van der Waals surface area contributed by atoms with E-state index in [2.05, 4.69) is 5.32 Å².